The second kappa shape index (κ2) is 10.6. The summed E-state index contributed by atoms with van der Waals surface area (Å²) in [5, 5.41) is 9.30. The van der Waals surface area contributed by atoms with E-state index in [0.717, 1.165) is 63.1 Å². The number of carbonyl (C=O) groups excluding carboxylic acids is 2. The molecule has 8 heteroatoms. The van der Waals surface area contributed by atoms with Gasteiger partial charge in [-0.3, -0.25) is 4.79 Å². The van der Waals surface area contributed by atoms with Crippen LogP contribution < -0.4 is 16.0 Å². The molecule has 0 unspecified atom stereocenters. The second-order valence-electron chi connectivity index (χ2n) is 7.47. The van der Waals surface area contributed by atoms with Gasteiger partial charge in [0.15, 0.2) is 0 Å². The van der Waals surface area contributed by atoms with Crippen molar-refractivity contribution in [1.29, 1.82) is 0 Å². The number of amides is 3. The van der Waals surface area contributed by atoms with Crippen molar-refractivity contribution >= 4 is 30.0 Å². The minimum absolute atomic E-state index is 0. The number of benzene rings is 1. The van der Waals surface area contributed by atoms with Gasteiger partial charge in [-0.15, -0.1) is 12.4 Å². The predicted molar refractivity (Wildman–Crippen MR) is 112 cm³/mol. The molecule has 28 heavy (non-hydrogen) atoms. The van der Waals surface area contributed by atoms with Gasteiger partial charge in [-0.1, -0.05) is 12.1 Å². The van der Waals surface area contributed by atoms with Crippen LogP contribution in [0.25, 0.3) is 0 Å². The third kappa shape index (κ3) is 5.59. The van der Waals surface area contributed by atoms with Crippen LogP contribution in [0.15, 0.2) is 24.3 Å². The molecule has 0 bridgehead atoms. The number of carbonyl (C=O) groups is 2. The molecule has 0 radical (unpaired) electrons. The smallest absolute Gasteiger partial charge is 0.321 e. The number of anilines is 1. The van der Waals surface area contributed by atoms with Crippen molar-refractivity contribution in [3.8, 4) is 0 Å². The van der Waals surface area contributed by atoms with E-state index in [2.05, 4.69) is 16.0 Å². The quantitative estimate of drug-likeness (QED) is 0.672. The number of rotatable bonds is 6. The first-order chi connectivity index (χ1) is 13.1. The first-order valence-electron chi connectivity index (χ1n) is 9.76. The third-order valence-corrected chi connectivity index (χ3v) is 5.49. The van der Waals surface area contributed by atoms with Crippen LogP contribution in [0.4, 0.5) is 10.5 Å². The Morgan fingerprint density at radius 3 is 2.61 bits per heavy atom. The van der Waals surface area contributed by atoms with Crippen LogP contribution in [0.2, 0.25) is 0 Å². The molecule has 0 aromatic heterocycles. The molecular formula is C20H31ClN4O3. The van der Waals surface area contributed by atoms with Gasteiger partial charge in [0.05, 0.1) is 12.0 Å². The Hall–Kier alpha value is -1.83. The summed E-state index contributed by atoms with van der Waals surface area (Å²) in [7, 11) is 1.64. The number of methoxy groups -OCH3 is 1. The lowest BCUT2D eigenvalue weighted by Crippen LogP contribution is -2.49. The van der Waals surface area contributed by atoms with Gasteiger partial charge in [-0.2, -0.15) is 0 Å². The number of ether oxygens (including phenoxy) is 1. The maximum absolute atomic E-state index is 12.8. The summed E-state index contributed by atoms with van der Waals surface area (Å²) in [6, 6.07) is 7.59. The highest BCUT2D eigenvalue weighted by molar-refractivity contribution is 5.89. The zero-order valence-electron chi connectivity index (χ0n) is 16.5. The van der Waals surface area contributed by atoms with Crippen molar-refractivity contribution in [1.82, 2.24) is 15.5 Å². The molecule has 0 spiro atoms. The van der Waals surface area contributed by atoms with Gasteiger partial charge in [-0.25, -0.2) is 4.79 Å². The molecule has 2 aliphatic rings. The Bertz CT molecular complexity index is 653. The average Bonchev–Trinajstić information content (AvgIpc) is 3.22. The third-order valence-electron chi connectivity index (χ3n) is 5.49. The second-order valence-corrected chi connectivity index (χ2v) is 7.47. The SMILES string of the molecule is COCC1(C(=O)NCc2cccc(NC(=O)N3CCCC3)c2)CCNCC1.Cl. The Morgan fingerprint density at radius 2 is 1.93 bits per heavy atom. The Kier molecular flexibility index (Phi) is 8.54. The predicted octanol–water partition coefficient (Wildman–Crippen LogP) is 2.37. The lowest BCUT2D eigenvalue weighted by atomic mass is 9.78. The summed E-state index contributed by atoms with van der Waals surface area (Å²) >= 11 is 0. The summed E-state index contributed by atoms with van der Waals surface area (Å²) in [4.78, 5) is 26.9. The lowest BCUT2D eigenvalue weighted by molar-refractivity contribution is -0.136. The van der Waals surface area contributed by atoms with E-state index in [1.165, 1.54) is 0 Å². The van der Waals surface area contributed by atoms with Crippen molar-refractivity contribution in [2.45, 2.75) is 32.2 Å². The molecular weight excluding hydrogens is 380 g/mol. The van der Waals surface area contributed by atoms with E-state index in [9.17, 15) is 9.59 Å². The van der Waals surface area contributed by atoms with E-state index in [-0.39, 0.29) is 24.3 Å². The van der Waals surface area contributed by atoms with Crippen LogP contribution in [-0.2, 0) is 16.1 Å². The molecule has 3 amide bonds. The highest BCUT2D eigenvalue weighted by Crippen LogP contribution is 2.29. The van der Waals surface area contributed by atoms with Gasteiger partial charge in [0.25, 0.3) is 0 Å². The molecule has 1 aromatic carbocycles. The maximum atomic E-state index is 12.8. The van der Waals surface area contributed by atoms with E-state index < -0.39 is 5.41 Å². The minimum atomic E-state index is -0.457. The van der Waals surface area contributed by atoms with E-state index >= 15 is 0 Å². The fourth-order valence-electron chi connectivity index (χ4n) is 3.87. The first-order valence-corrected chi connectivity index (χ1v) is 9.76. The molecule has 3 N–H and O–H groups in total. The van der Waals surface area contributed by atoms with Crippen LogP contribution in [0, 0.1) is 5.41 Å². The summed E-state index contributed by atoms with van der Waals surface area (Å²) in [6.07, 6.45) is 3.69. The van der Waals surface area contributed by atoms with Crippen molar-refractivity contribution < 1.29 is 14.3 Å². The van der Waals surface area contributed by atoms with Crippen molar-refractivity contribution in [3.63, 3.8) is 0 Å². The fourth-order valence-corrected chi connectivity index (χ4v) is 3.87. The number of hydrogen-bond donors (Lipinski definition) is 3. The Morgan fingerprint density at radius 1 is 1.21 bits per heavy atom. The van der Waals surface area contributed by atoms with Crippen LogP contribution in [0.3, 0.4) is 0 Å². The van der Waals surface area contributed by atoms with Crippen LogP contribution in [0.1, 0.15) is 31.2 Å². The van der Waals surface area contributed by atoms with Gasteiger partial charge in [0.1, 0.15) is 0 Å². The highest BCUT2D eigenvalue weighted by Gasteiger charge is 2.39. The molecule has 0 atom stereocenters. The first kappa shape index (κ1) is 22.5. The molecule has 2 heterocycles. The summed E-state index contributed by atoms with van der Waals surface area (Å²) in [6.45, 7) is 4.16. The number of nitrogens with one attached hydrogen (secondary N) is 3. The molecule has 7 nitrogen and oxygen atoms in total. The molecule has 0 saturated carbocycles. The molecule has 156 valence electrons. The average molecular weight is 411 g/mol. The summed E-state index contributed by atoms with van der Waals surface area (Å²) < 4.78 is 5.33. The van der Waals surface area contributed by atoms with E-state index in [4.69, 9.17) is 4.74 Å². The van der Waals surface area contributed by atoms with Crippen molar-refractivity contribution in [2.24, 2.45) is 5.41 Å². The van der Waals surface area contributed by atoms with Gasteiger partial charge >= 0.3 is 6.03 Å². The molecule has 2 saturated heterocycles. The highest BCUT2D eigenvalue weighted by atomic mass is 35.5. The standard InChI is InChI=1S/C20H30N4O3.ClH/c1-27-15-20(7-9-21-10-8-20)18(25)22-14-16-5-4-6-17(13-16)23-19(26)24-11-2-3-12-24;/h4-6,13,21H,2-3,7-12,14-15H2,1H3,(H,22,25)(H,23,26);1H. The van der Waals surface area contributed by atoms with Crippen LogP contribution >= 0.6 is 12.4 Å². The Balaban J connectivity index is 0.00000280. The summed E-state index contributed by atoms with van der Waals surface area (Å²) in [5.74, 6) is 0.0392. The largest absolute Gasteiger partial charge is 0.384 e. The normalized spacial score (nSPS) is 18.2. The number of halogens is 1. The molecule has 3 rings (SSSR count). The van der Waals surface area contributed by atoms with E-state index in [1.807, 2.05) is 29.2 Å². The van der Waals surface area contributed by atoms with Crippen LogP contribution in [-0.4, -0.2) is 56.7 Å². The molecule has 2 aliphatic heterocycles. The zero-order valence-corrected chi connectivity index (χ0v) is 17.3. The van der Waals surface area contributed by atoms with E-state index in [0.29, 0.717) is 13.2 Å². The van der Waals surface area contributed by atoms with E-state index in [1.54, 1.807) is 7.11 Å². The van der Waals surface area contributed by atoms with Crippen LogP contribution in [0.5, 0.6) is 0 Å². The van der Waals surface area contributed by atoms with Crippen molar-refractivity contribution in [3.05, 3.63) is 29.8 Å². The number of nitrogens with zero attached hydrogens (tertiary/aromatic N) is 1. The number of urea groups is 1. The van der Waals surface area contributed by atoms with Crippen molar-refractivity contribution in [2.75, 3.05) is 45.2 Å². The Labute approximate surface area is 173 Å². The summed E-state index contributed by atoms with van der Waals surface area (Å²) in [5.41, 5.74) is 1.26. The number of hydrogen-bond acceptors (Lipinski definition) is 4. The monoisotopic (exact) mass is 410 g/mol. The zero-order chi connectivity index (χ0) is 19.1. The molecule has 2 fully saturated rings. The number of likely N-dealkylation sites (tertiary alicyclic amines) is 1. The van der Waals surface area contributed by atoms with Gasteiger partial charge < -0.3 is 25.6 Å². The maximum Gasteiger partial charge on any atom is 0.321 e. The minimum Gasteiger partial charge on any atom is -0.384 e. The lowest BCUT2D eigenvalue weighted by Gasteiger charge is -2.35. The topological polar surface area (TPSA) is 82.7 Å². The molecule has 0 aliphatic carbocycles. The van der Waals surface area contributed by atoms with Gasteiger partial charge in [0.2, 0.25) is 5.91 Å². The number of piperidine rings is 1. The molecule has 1 aromatic rings. The van der Waals surface area contributed by atoms with Gasteiger partial charge in [0, 0.05) is 32.4 Å². The fraction of sp³-hybridized carbons (Fsp3) is 0.600. The van der Waals surface area contributed by atoms with Gasteiger partial charge in [-0.05, 0) is 56.5 Å².